The van der Waals surface area contributed by atoms with Gasteiger partial charge in [-0.15, -0.1) is 0 Å². The normalized spacial score (nSPS) is 12.5. The van der Waals surface area contributed by atoms with Crippen LogP contribution in [0.4, 0.5) is 0 Å². The zero-order valence-electron chi connectivity index (χ0n) is 11.8. The van der Waals surface area contributed by atoms with Gasteiger partial charge in [-0.2, -0.15) is 0 Å². The predicted molar refractivity (Wildman–Crippen MR) is 90.0 cm³/mol. The molecule has 0 unspecified atom stereocenters. The standard InChI is InChI=1S/C16H13Cl2N3O/c1-9(19)15-20-13-7-3-6-12(18)14(13)16(22)21(15)11-5-2-4-10(17)8-11/h2-9H,19H2,1H3/t9-/m0/s1. The van der Waals surface area contributed by atoms with Crippen LogP contribution in [0.15, 0.2) is 47.3 Å². The van der Waals surface area contributed by atoms with Gasteiger partial charge >= 0.3 is 0 Å². The summed E-state index contributed by atoms with van der Waals surface area (Å²) in [6.45, 7) is 1.78. The number of halogens is 2. The van der Waals surface area contributed by atoms with E-state index in [0.29, 0.717) is 32.5 Å². The third-order valence-electron chi connectivity index (χ3n) is 3.35. The third-order valence-corrected chi connectivity index (χ3v) is 3.90. The Morgan fingerprint density at radius 1 is 1.18 bits per heavy atom. The number of nitrogens with zero attached hydrogens (tertiary/aromatic N) is 2. The minimum absolute atomic E-state index is 0.259. The molecule has 1 aromatic heterocycles. The Hall–Kier alpha value is -1.88. The van der Waals surface area contributed by atoms with Crippen LogP contribution in [0.2, 0.25) is 10.0 Å². The first-order chi connectivity index (χ1) is 10.5. The van der Waals surface area contributed by atoms with Crippen LogP contribution in [0.1, 0.15) is 18.8 Å². The van der Waals surface area contributed by atoms with Gasteiger partial charge in [-0.3, -0.25) is 9.36 Å². The first kappa shape index (κ1) is 15.0. The Kier molecular flexibility index (Phi) is 3.91. The largest absolute Gasteiger partial charge is 0.322 e. The van der Waals surface area contributed by atoms with Gasteiger partial charge < -0.3 is 5.73 Å². The second-order valence-electron chi connectivity index (χ2n) is 5.01. The van der Waals surface area contributed by atoms with Gasteiger partial charge in [0.15, 0.2) is 0 Å². The summed E-state index contributed by atoms with van der Waals surface area (Å²) in [5, 5.41) is 1.26. The van der Waals surface area contributed by atoms with Crippen molar-refractivity contribution < 1.29 is 0 Å². The van der Waals surface area contributed by atoms with E-state index in [2.05, 4.69) is 4.98 Å². The molecular formula is C16H13Cl2N3O. The van der Waals surface area contributed by atoms with Crippen molar-refractivity contribution >= 4 is 34.1 Å². The average molecular weight is 334 g/mol. The Labute approximate surface area is 137 Å². The van der Waals surface area contributed by atoms with E-state index in [9.17, 15) is 4.79 Å². The molecule has 112 valence electrons. The smallest absolute Gasteiger partial charge is 0.267 e. The summed E-state index contributed by atoms with van der Waals surface area (Å²) in [6.07, 6.45) is 0. The molecule has 22 heavy (non-hydrogen) atoms. The van der Waals surface area contributed by atoms with Gasteiger partial charge in [-0.25, -0.2) is 4.98 Å². The number of aromatic nitrogens is 2. The quantitative estimate of drug-likeness (QED) is 0.777. The van der Waals surface area contributed by atoms with E-state index in [0.717, 1.165) is 0 Å². The summed E-state index contributed by atoms with van der Waals surface area (Å²) in [5.74, 6) is 0.460. The molecule has 0 aliphatic rings. The lowest BCUT2D eigenvalue weighted by Crippen LogP contribution is -2.27. The van der Waals surface area contributed by atoms with Gasteiger partial charge in [-0.05, 0) is 37.3 Å². The molecule has 3 aromatic rings. The zero-order valence-corrected chi connectivity index (χ0v) is 13.3. The maximum absolute atomic E-state index is 12.9. The van der Waals surface area contributed by atoms with Crippen molar-refractivity contribution in [3.05, 3.63) is 68.7 Å². The summed E-state index contributed by atoms with van der Waals surface area (Å²) in [5.41, 5.74) is 6.88. The van der Waals surface area contributed by atoms with Crippen molar-refractivity contribution in [1.29, 1.82) is 0 Å². The maximum atomic E-state index is 12.9. The first-order valence-corrected chi connectivity index (χ1v) is 7.47. The van der Waals surface area contributed by atoms with Crippen LogP contribution in [-0.4, -0.2) is 9.55 Å². The molecule has 0 bridgehead atoms. The molecule has 2 aromatic carbocycles. The van der Waals surface area contributed by atoms with Gasteiger partial charge in [0.1, 0.15) is 5.82 Å². The molecule has 1 heterocycles. The first-order valence-electron chi connectivity index (χ1n) is 6.71. The highest BCUT2D eigenvalue weighted by atomic mass is 35.5. The van der Waals surface area contributed by atoms with Crippen molar-refractivity contribution in [3.8, 4) is 5.69 Å². The Bertz CT molecular complexity index is 919. The van der Waals surface area contributed by atoms with Gasteiger partial charge in [0, 0.05) is 5.02 Å². The fourth-order valence-corrected chi connectivity index (χ4v) is 2.81. The van der Waals surface area contributed by atoms with Crippen LogP contribution in [0.5, 0.6) is 0 Å². The number of hydrogen-bond acceptors (Lipinski definition) is 3. The molecule has 1 atom stereocenters. The van der Waals surface area contributed by atoms with Gasteiger partial charge in [-0.1, -0.05) is 35.3 Å². The summed E-state index contributed by atoms with van der Waals surface area (Å²) < 4.78 is 1.46. The van der Waals surface area contributed by atoms with Crippen molar-refractivity contribution in [3.63, 3.8) is 0 Å². The molecule has 0 saturated carbocycles. The Balaban J connectivity index is 2.46. The molecule has 0 aliphatic heterocycles. The molecule has 6 heteroatoms. The zero-order chi connectivity index (χ0) is 15.9. The predicted octanol–water partition coefficient (Wildman–Crippen LogP) is 3.71. The molecule has 0 fully saturated rings. The van der Waals surface area contributed by atoms with Crippen LogP contribution in [0.3, 0.4) is 0 Å². The lowest BCUT2D eigenvalue weighted by Gasteiger charge is -2.16. The summed E-state index contributed by atoms with van der Waals surface area (Å²) in [4.78, 5) is 17.4. The second-order valence-corrected chi connectivity index (χ2v) is 5.86. The Morgan fingerprint density at radius 3 is 2.59 bits per heavy atom. The highest BCUT2D eigenvalue weighted by Crippen LogP contribution is 2.23. The van der Waals surface area contributed by atoms with E-state index in [-0.39, 0.29) is 5.56 Å². The fraction of sp³-hybridized carbons (Fsp3) is 0.125. The van der Waals surface area contributed by atoms with E-state index in [1.165, 1.54) is 4.57 Å². The van der Waals surface area contributed by atoms with Crippen LogP contribution in [0, 0.1) is 0 Å². The minimum atomic E-state index is -0.421. The summed E-state index contributed by atoms with van der Waals surface area (Å²) in [6, 6.07) is 11.7. The Morgan fingerprint density at radius 2 is 1.91 bits per heavy atom. The number of hydrogen-bond donors (Lipinski definition) is 1. The lowest BCUT2D eigenvalue weighted by molar-refractivity contribution is 0.696. The summed E-state index contributed by atoms with van der Waals surface area (Å²) >= 11 is 12.2. The van der Waals surface area contributed by atoms with Crippen LogP contribution < -0.4 is 11.3 Å². The van der Waals surface area contributed by atoms with E-state index >= 15 is 0 Å². The molecule has 0 radical (unpaired) electrons. The molecule has 0 amide bonds. The van der Waals surface area contributed by atoms with E-state index in [1.54, 1.807) is 49.4 Å². The molecule has 3 rings (SSSR count). The van der Waals surface area contributed by atoms with Crippen LogP contribution in [0.25, 0.3) is 16.6 Å². The monoisotopic (exact) mass is 333 g/mol. The molecule has 4 nitrogen and oxygen atoms in total. The number of nitrogens with two attached hydrogens (primary N) is 1. The van der Waals surface area contributed by atoms with Gasteiger partial charge in [0.05, 0.1) is 27.7 Å². The van der Waals surface area contributed by atoms with Gasteiger partial charge in [0.2, 0.25) is 0 Å². The lowest BCUT2D eigenvalue weighted by atomic mass is 10.2. The number of benzene rings is 2. The van der Waals surface area contributed by atoms with Crippen molar-refractivity contribution in [1.82, 2.24) is 9.55 Å². The highest BCUT2D eigenvalue weighted by Gasteiger charge is 2.17. The topological polar surface area (TPSA) is 60.9 Å². The maximum Gasteiger partial charge on any atom is 0.267 e. The number of rotatable bonds is 2. The van der Waals surface area contributed by atoms with Crippen molar-refractivity contribution in [2.24, 2.45) is 5.73 Å². The molecule has 0 aliphatic carbocycles. The molecule has 0 spiro atoms. The summed E-state index contributed by atoms with van der Waals surface area (Å²) in [7, 11) is 0. The average Bonchev–Trinajstić information content (AvgIpc) is 2.46. The third kappa shape index (κ3) is 2.50. The molecule has 0 saturated heterocycles. The van der Waals surface area contributed by atoms with Crippen LogP contribution in [-0.2, 0) is 0 Å². The number of fused-ring (bicyclic) bond motifs is 1. The SMILES string of the molecule is C[C@H](N)c1nc2cccc(Cl)c2c(=O)n1-c1cccc(Cl)c1. The van der Waals surface area contributed by atoms with E-state index in [1.807, 2.05) is 0 Å². The van der Waals surface area contributed by atoms with E-state index < -0.39 is 6.04 Å². The van der Waals surface area contributed by atoms with Crippen molar-refractivity contribution in [2.45, 2.75) is 13.0 Å². The van der Waals surface area contributed by atoms with E-state index in [4.69, 9.17) is 28.9 Å². The molecule has 2 N–H and O–H groups in total. The molecular weight excluding hydrogens is 321 g/mol. The highest BCUT2D eigenvalue weighted by molar-refractivity contribution is 6.35. The fourth-order valence-electron chi connectivity index (χ4n) is 2.38. The second kappa shape index (κ2) is 5.72. The van der Waals surface area contributed by atoms with Crippen LogP contribution >= 0.6 is 23.2 Å². The van der Waals surface area contributed by atoms with Gasteiger partial charge in [0.25, 0.3) is 5.56 Å². The van der Waals surface area contributed by atoms with Crippen molar-refractivity contribution in [2.75, 3.05) is 0 Å². The minimum Gasteiger partial charge on any atom is -0.322 e.